The highest BCUT2D eigenvalue weighted by atomic mass is 32.1. The summed E-state index contributed by atoms with van der Waals surface area (Å²) in [6.45, 7) is 6.57. The van der Waals surface area contributed by atoms with E-state index < -0.39 is 0 Å². The molecule has 0 saturated heterocycles. The van der Waals surface area contributed by atoms with Crippen molar-refractivity contribution in [3.8, 4) is 0 Å². The minimum absolute atomic E-state index is 0.0993. The van der Waals surface area contributed by atoms with Crippen LogP contribution in [0.4, 0.5) is 4.79 Å². The summed E-state index contributed by atoms with van der Waals surface area (Å²) in [4.78, 5) is 11.4. The van der Waals surface area contributed by atoms with Crippen LogP contribution in [0.5, 0.6) is 0 Å². The normalized spacial score (nSPS) is 11.1. The Kier molecular flexibility index (Phi) is 4.15. The van der Waals surface area contributed by atoms with E-state index in [9.17, 15) is 4.79 Å². The van der Waals surface area contributed by atoms with Gasteiger partial charge in [0.05, 0.1) is 0 Å². The molecule has 1 heterocycles. The maximum Gasteiger partial charge on any atom is 0.315 e. The molecule has 3 nitrogen and oxygen atoms in total. The van der Waals surface area contributed by atoms with E-state index in [0.29, 0.717) is 6.54 Å². The van der Waals surface area contributed by atoms with E-state index in [2.05, 4.69) is 22.1 Å². The largest absolute Gasteiger partial charge is 0.338 e. The van der Waals surface area contributed by atoms with Gasteiger partial charge in [-0.15, -0.1) is 0 Å². The van der Waals surface area contributed by atoms with Crippen molar-refractivity contribution in [2.24, 2.45) is 0 Å². The number of amides is 2. The van der Waals surface area contributed by atoms with E-state index in [1.807, 2.05) is 26.2 Å². The Morgan fingerprint density at radius 2 is 2.20 bits per heavy atom. The molecule has 0 aliphatic carbocycles. The molecule has 0 aliphatic heterocycles. The molecular weight excluding hydrogens is 208 g/mol. The van der Waals surface area contributed by atoms with Crippen molar-refractivity contribution in [3.63, 3.8) is 0 Å². The van der Waals surface area contributed by atoms with Crippen LogP contribution in [0.15, 0.2) is 16.8 Å². The average Bonchev–Trinajstić information content (AvgIpc) is 2.53. The van der Waals surface area contributed by atoms with E-state index in [1.165, 1.54) is 5.56 Å². The lowest BCUT2D eigenvalue weighted by Crippen LogP contribution is -2.46. The van der Waals surface area contributed by atoms with Crippen molar-refractivity contribution in [3.05, 3.63) is 22.4 Å². The number of thiophene rings is 1. The van der Waals surface area contributed by atoms with Crippen molar-refractivity contribution in [2.45, 2.75) is 32.7 Å². The highest BCUT2D eigenvalue weighted by Crippen LogP contribution is 2.05. The number of hydrogen-bond donors (Lipinski definition) is 2. The quantitative estimate of drug-likeness (QED) is 0.816. The second-order valence-electron chi connectivity index (χ2n) is 4.51. The van der Waals surface area contributed by atoms with Crippen molar-refractivity contribution < 1.29 is 4.79 Å². The maximum absolute atomic E-state index is 11.4. The Morgan fingerprint density at radius 3 is 2.73 bits per heavy atom. The lowest BCUT2D eigenvalue weighted by atomic mass is 10.1. The topological polar surface area (TPSA) is 41.1 Å². The maximum atomic E-state index is 11.4. The van der Waals surface area contributed by atoms with Gasteiger partial charge in [-0.2, -0.15) is 11.3 Å². The molecular formula is C11H18N2OS. The minimum Gasteiger partial charge on any atom is -0.338 e. The highest BCUT2D eigenvalue weighted by molar-refractivity contribution is 7.07. The van der Waals surface area contributed by atoms with Gasteiger partial charge in [0, 0.05) is 12.1 Å². The number of rotatable bonds is 3. The fourth-order valence-corrected chi connectivity index (χ4v) is 1.84. The van der Waals surface area contributed by atoms with Crippen LogP contribution < -0.4 is 10.6 Å². The zero-order chi connectivity index (χ0) is 11.3. The lowest BCUT2D eigenvalue weighted by molar-refractivity contribution is 0.232. The van der Waals surface area contributed by atoms with Crippen molar-refractivity contribution >= 4 is 17.4 Å². The fourth-order valence-electron chi connectivity index (χ4n) is 1.14. The third kappa shape index (κ3) is 5.42. The van der Waals surface area contributed by atoms with Gasteiger partial charge < -0.3 is 10.6 Å². The predicted molar refractivity (Wildman–Crippen MR) is 64.3 cm³/mol. The Labute approximate surface area is 94.9 Å². The number of carbonyl (C=O) groups is 1. The van der Waals surface area contributed by atoms with Crippen LogP contribution in [0.25, 0.3) is 0 Å². The number of carbonyl (C=O) groups excluding carboxylic acids is 1. The second-order valence-corrected chi connectivity index (χ2v) is 5.29. The van der Waals surface area contributed by atoms with E-state index in [0.717, 1.165) is 6.42 Å². The minimum atomic E-state index is -0.174. The third-order valence-electron chi connectivity index (χ3n) is 1.77. The van der Waals surface area contributed by atoms with E-state index >= 15 is 0 Å². The number of hydrogen-bond acceptors (Lipinski definition) is 2. The molecule has 4 heteroatoms. The van der Waals surface area contributed by atoms with Crippen LogP contribution in [-0.4, -0.2) is 18.1 Å². The molecule has 1 rings (SSSR count). The zero-order valence-corrected chi connectivity index (χ0v) is 10.3. The molecule has 0 aliphatic rings. The van der Waals surface area contributed by atoms with Gasteiger partial charge in [-0.05, 0) is 49.6 Å². The molecule has 0 unspecified atom stereocenters. The lowest BCUT2D eigenvalue weighted by Gasteiger charge is -2.20. The molecule has 0 spiro atoms. The predicted octanol–water partition coefficient (Wildman–Crippen LogP) is 2.39. The summed E-state index contributed by atoms with van der Waals surface area (Å²) in [5.74, 6) is 0. The van der Waals surface area contributed by atoms with Crippen LogP contribution in [0.2, 0.25) is 0 Å². The fraction of sp³-hybridized carbons (Fsp3) is 0.545. The summed E-state index contributed by atoms with van der Waals surface area (Å²) in [5, 5.41) is 9.83. The van der Waals surface area contributed by atoms with Gasteiger partial charge in [0.15, 0.2) is 0 Å². The van der Waals surface area contributed by atoms with Gasteiger partial charge in [-0.3, -0.25) is 0 Å². The molecule has 0 fully saturated rings. The van der Waals surface area contributed by atoms with Crippen molar-refractivity contribution in [1.29, 1.82) is 0 Å². The Bertz CT molecular complexity index is 301. The summed E-state index contributed by atoms with van der Waals surface area (Å²) in [5.41, 5.74) is 1.10. The van der Waals surface area contributed by atoms with Gasteiger partial charge in [0.25, 0.3) is 0 Å². The first-order valence-corrected chi connectivity index (χ1v) is 5.99. The number of urea groups is 1. The van der Waals surface area contributed by atoms with E-state index in [-0.39, 0.29) is 11.6 Å². The first-order valence-electron chi connectivity index (χ1n) is 5.04. The van der Waals surface area contributed by atoms with Crippen LogP contribution in [0, 0.1) is 0 Å². The first kappa shape index (κ1) is 12.0. The molecule has 84 valence electrons. The summed E-state index contributed by atoms with van der Waals surface area (Å²) < 4.78 is 0. The van der Waals surface area contributed by atoms with Gasteiger partial charge in [-0.1, -0.05) is 0 Å². The van der Waals surface area contributed by atoms with Crippen molar-refractivity contribution in [2.75, 3.05) is 6.54 Å². The first-order chi connectivity index (χ1) is 6.97. The molecule has 2 N–H and O–H groups in total. The standard InChI is InChI=1S/C11H18N2OS/c1-11(2,3)13-10(14)12-6-4-9-5-7-15-8-9/h5,7-8H,4,6H2,1-3H3,(H2,12,13,14). The Morgan fingerprint density at radius 1 is 1.47 bits per heavy atom. The molecule has 2 amide bonds. The van der Waals surface area contributed by atoms with Gasteiger partial charge in [-0.25, -0.2) is 4.79 Å². The zero-order valence-electron chi connectivity index (χ0n) is 9.46. The third-order valence-corrected chi connectivity index (χ3v) is 2.50. The Hall–Kier alpha value is -1.03. The number of nitrogens with one attached hydrogen (secondary N) is 2. The summed E-state index contributed by atoms with van der Waals surface area (Å²) in [6.07, 6.45) is 0.890. The molecule has 15 heavy (non-hydrogen) atoms. The molecule has 0 aromatic carbocycles. The van der Waals surface area contributed by atoms with E-state index in [1.54, 1.807) is 11.3 Å². The highest BCUT2D eigenvalue weighted by Gasteiger charge is 2.12. The van der Waals surface area contributed by atoms with Crippen LogP contribution >= 0.6 is 11.3 Å². The van der Waals surface area contributed by atoms with Gasteiger partial charge in [0.1, 0.15) is 0 Å². The second kappa shape index (κ2) is 5.16. The molecule has 1 aromatic heterocycles. The monoisotopic (exact) mass is 226 g/mol. The SMILES string of the molecule is CC(C)(C)NC(=O)NCCc1ccsc1. The van der Waals surface area contributed by atoms with Gasteiger partial charge >= 0.3 is 6.03 Å². The van der Waals surface area contributed by atoms with E-state index in [4.69, 9.17) is 0 Å². The summed E-state index contributed by atoms with van der Waals surface area (Å²) in [7, 11) is 0. The Balaban J connectivity index is 2.18. The molecule has 0 saturated carbocycles. The van der Waals surface area contributed by atoms with Gasteiger partial charge in [0.2, 0.25) is 0 Å². The molecule has 0 bridgehead atoms. The van der Waals surface area contributed by atoms with Crippen LogP contribution in [0.3, 0.4) is 0 Å². The van der Waals surface area contributed by atoms with Crippen LogP contribution in [-0.2, 0) is 6.42 Å². The summed E-state index contributed by atoms with van der Waals surface area (Å²) in [6, 6.07) is 1.98. The van der Waals surface area contributed by atoms with Crippen LogP contribution in [0.1, 0.15) is 26.3 Å². The van der Waals surface area contributed by atoms with Crippen molar-refractivity contribution in [1.82, 2.24) is 10.6 Å². The summed E-state index contributed by atoms with van der Waals surface area (Å²) >= 11 is 1.68. The average molecular weight is 226 g/mol. The smallest absolute Gasteiger partial charge is 0.315 e. The molecule has 1 aromatic rings. The molecule has 0 radical (unpaired) electrons. The molecule has 0 atom stereocenters.